The number of halogens is 3. The third-order valence-corrected chi connectivity index (χ3v) is 3.44. The lowest BCUT2D eigenvalue weighted by atomic mass is 10.2. The first-order valence-electron chi connectivity index (χ1n) is 4.71. The van der Waals surface area contributed by atoms with E-state index in [2.05, 4.69) is 25.9 Å². The second-order valence-electron chi connectivity index (χ2n) is 3.44. The van der Waals surface area contributed by atoms with Crippen molar-refractivity contribution in [3.05, 3.63) is 49.6 Å². The number of aromatic nitrogens is 2. The highest BCUT2D eigenvalue weighted by atomic mass is 79.9. The van der Waals surface area contributed by atoms with E-state index in [0.29, 0.717) is 20.9 Å². The Labute approximate surface area is 110 Å². The standard InChI is InChI=1S/C11H7BrClFN2O/c1-5-9(14)11(17)16-10(15-5)6-2-3-8(13)7(12)4-6/h2-4H,1H3,(H,15,16,17). The SMILES string of the molecule is Cc1nc(-c2ccc(Cl)c(Br)c2)[nH]c(=O)c1F. The van der Waals surface area contributed by atoms with Crippen molar-refractivity contribution in [2.45, 2.75) is 6.92 Å². The molecule has 1 aromatic heterocycles. The van der Waals surface area contributed by atoms with Crippen molar-refractivity contribution in [2.75, 3.05) is 0 Å². The van der Waals surface area contributed by atoms with Gasteiger partial charge in [-0.25, -0.2) is 4.98 Å². The molecule has 2 rings (SSSR count). The van der Waals surface area contributed by atoms with Crippen molar-refractivity contribution in [3.63, 3.8) is 0 Å². The van der Waals surface area contributed by atoms with E-state index < -0.39 is 11.4 Å². The van der Waals surface area contributed by atoms with Crippen LogP contribution in [0.1, 0.15) is 5.69 Å². The van der Waals surface area contributed by atoms with Gasteiger partial charge in [-0.3, -0.25) is 4.79 Å². The molecule has 0 bridgehead atoms. The summed E-state index contributed by atoms with van der Waals surface area (Å²) in [6, 6.07) is 5.07. The molecule has 0 saturated carbocycles. The number of aromatic amines is 1. The average Bonchev–Trinajstić information content (AvgIpc) is 2.29. The molecule has 0 fully saturated rings. The summed E-state index contributed by atoms with van der Waals surface area (Å²) in [5, 5.41) is 0.551. The number of hydrogen-bond donors (Lipinski definition) is 1. The molecule has 0 unspecified atom stereocenters. The molecule has 17 heavy (non-hydrogen) atoms. The van der Waals surface area contributed by atoms with Crippen LogP contribution in [0.3, 0.4) is 0 Å². The van der Waals surface area contributed by atoms with E-state index in [1.54, 1.807) is 18.2 Å². The minimum Gasteiger partial charge on any atom is -0.304 e. The van der Waals surface area contributed by atoms with Gasteiger partial charge in [-0.2, -0.15) is 4.39 Å². The van der Waals surface area contributed by atoms with Gasteiger partial charge in [0.15, 0.2) is 0 Å². The minimum atomic E-state index is -0.859. The van der Waals surface area contributed by atoms with E-state index in [0.717, 1.165) is 0 Å². The van der Waals surface area contributed by atoms with Crippen LogP contribution in [-0.2, 0) is 0 Å². The van der Waals surface area contributed by atoms with Crippen molar-refractivity contribution in [1.82, 2.24) is 9.97 Å². The van der Waals surface area contributed by atoms with Gasteiger partial charge in [0.2, 0.25) is 5.82 Å². The maximum atomic E-state index is 13.1. The zero-order valence-electron chi connectivity index (χ0n) is 8.72. The minimum absolute atomic E-state index is 0.0647. The van der Waals surface area contributed by atoms with Crippen molar-refractivity contribution >= 4 is 27.5 Å². The van der Waals surface area contributed by atoms with Crippen LogP contribution < -0.4 is 5.56 Å². The number of H-pyrrole nitrogens is 1. The molecule has 0 saturated heterocycles. The highest BCUT2D eigenvalue weighted by molar-refractivity contribution is 9.10. The number of benzene rings is 1. The third-order valence-electron chi connectivity index (χ3n) is 2.22. The van der Waals surface area contributed by atoms with Gasteiger partial charge < -0.3 is 4.98 Å². The smallest absolute Gasteiger partial charge is 0.287 e. The van der Waals surface area contributed by atoms with Crippen LogP contribution in [0.4, 0.5) is 4.39 Å². The molecule has 6 heteroatoms. The molecular formula is C11H7BrClFN2O. The molecule has 88 valence electrons. The van der Waals surface area contributed by atoms with Crippen LogP contribution in [-0.4, -0.2) is 9.97 Å². The van der Waals surface area contributed by atoms with Gasteiger partial charge in [0.25, 0.3) is 5.56 Å². The number of rotatable bonds is 1. The summed E-state index contributed by atoms with van der Waals surface area (Å²) < 4.78 is 13.8. The van der Waals surface area contributed by atoms with Crippen LogP contribution in [0.5, 0.6) is 0 Å². The summed E-state index contributed by atoms with van der Waals surface area (Å²) in [7, 11) is 0. The molecule has 1 N–H and O–H groups in total. The lowest BCUT2D eigenvalue weighted by Gasteiger charge is -2.04. The van der Waals surface area contributed by atoms with Crippen LogP contribution in [0.25, 0.3) is 11.4 Å². The Morgan fingerprint density at radius 3 is 2.76 bits per heavy atom. The molecule has 0 atom stereocenters. The lowest BCUT2D eigenvalue weighted by molar-refractivity contribution is 0.589. The van der Waals surface area contributed by atoms with Gasteiger partial charge in [0.05, 0.1) is 10.7 Å². The molecule has 3 nitrogen and oxygen atoms in total. The Bertz CT molecular complexity index is 642. The normalized spacial score (nSPS) is 10.6. The topological polar surface area (TPSA) is 45.8 Å². The first kappa shape index (κ1) is 12.3. The number of hydrogen-bond acceptors (Lipinski definition) is 2. The van der Waals surface area contributed by atoms with Crippen LogP contribution >= 0.6 is 27.5 Å². The molecule has 0 radical (unpaired) electrons. The summed E-state index contributed by atoms with van der Waals surface area (Å²) in [6.45, 7) is 1.44. The molecule has 0 amide bonds. The highest BCUT2D eigenvalue weighted by Crippen LogP contribution is 2.26. The summed E-state index contributed by atoms with van der Waals surface area (Å²) in [5.41, 5.74) is -0.0603. The summed E-state index contributed by atoms with van der Waals surface area (Å²) in [4.78, 5) is 17.6. The van der Waals surface area contributed by atoms with E-state index >= 15 is 0 Å². The van der Waals surface area contributed by atoms with Crippen LogP contribution in [0, 0.1) is 12.7 Å². The molecule has 0 aliphatic carbocycles. The Balaban J connectivity index is 2.61. The molecule has 0 spiro atoms. The Morgan fingerprint density at radius 2 is 2.18 bits per heavy atom. The van der Waals surface area contributed by atoms with E-state index in [4.69, 9.17) is 11.6 Å². The first-order valence-corrected chi connectivity index (χ1v) is 5.88. The largest absolute Gasteiger partial charge is 0.304 e. The number of nitrogens with one attached hydrogen (secondary N) is 1. The Hall–Kier alpha value is -1.20. The van der Waals surface area contributed by atoms with E-state index in [1.165, 1.54) is 6.92 Å². The van der Waals surface area contributed by atoms with Gasteiger partial charge in [0, 0.05) is 10.0 Å². The fourth-order valence-electron chi connectivity index (χ4n) is 1.35. The van der Waals surface area contributed by atoms with Crippen molar-refractivity contribution < 1.29 is 4.39 Å². The molecule has 0 aliphatic rings. The first-order chi connectivity index (χ1) is 7.99. The summed E-state index contributed by atoms with van der Waals surface area (Å²) in [5.74, 6) is -0.548. The lowest BCUT2D eigenvalue weighted by Crippen LogP contribution is -2.15. The number of nitrogens with zero attached hydrogens (tertiary/aromatic N) is 1. The maximum Gasteiger partial charge on any atom is 0.287 e. The molecule has 0 aliphatic heterocycles. The second-order valence-corrected chi connectivity index (χ2v) is 4.70. The van der Waals surface area contributed by atoms with Crippen LogP contribution in [0.2, 0.25) is 5.02 Å². The van der Waals surface area contributed by atoms with Crippen molar-refractivity contribution in [2.24, 2.45) is 0 Å². The van der Waals surface area contributed by atoms with Gasteiger partial charge >= 0.3 is 0 Å². The second kappa shape index (κ2) is 4.58. The van der Waals surface area contributed by atoms with Gasteiger partial charge in [-0.1, -0.05) is 11.6 Å². The molecule has 2 aromatic rings. The number of aryl methyl sites for hydroxylation is 1. The predicted octanol–water partition coefficient (Wildman–Crippen LogP) is 3.30. The van der Waals surface area contributed by atoms with E-state index in [9.17, 15) is 9.18 Å². The van der Waals surface area contributed by atoms with Gasteiger partial charge in [-0.15, -0.1) is 0 Å². The van der Waals surface area contributed by atoms with Crippen molar-refractivity contribution in [1.29, 1.82) is 0 Å². The summed E-state index contributed by atoms with van der Waals surface area (Å²) >= 11 is 9.13. The summed E-state index contributed by atoms with van der Waals surface area (Å²) in [6.07, 6.45) is 0. The van der Waals surface area contributed by atoms with E-state index in [1.807, 2.05) is 0 Å². The Morgan fingerprint density at radius 1 is 1.47 bits per heavy atom. The predicted molar refractivity (Wildman–Crippen MR) is 67.7 cm³/mol. The van der Waals surface area contributed by atoms with Gasteiger partial charge in [-0.05, 0) is 41.1 Å². The average molecular weight is 318 g/mol. The van der Waals surface area contributed by atoms with Crippen LogP contribution in [0.15, 0.2) is 27.5 Å². The third kappa shape index (κ3) is 2.40. The van der Waals surface area contributed by atoms with Gasteiger partial charge in [0.1, 0.15) is 5.82 Å². The van der Waals surface area contributed by atoms with Crippen molar-refractivity contribution in [3.8, 4) is 11.4 Å². The monoisotopic (exact) mass is 316 g/mol. The fourth-order valence-corrected chi connectivity index (χ4v) is 1.85. The quantitative estimate of drug-likeness (QED) is 0.877. The maximum absolute atomic E-state index is 13.1. The highest BCUT2D eigenvalue weighted by Gasteiger charge is 2.09. The molecule has 1 aromatic carbocycles. The zero-order valence-corrected chi connectivity index (χ0v) is 11.1. The zero-order chi connectivity index (χ0) is 12.6. The molecular weight excluding hydrogens is 310 g/mol. The van der Waals surface area contributed by atoms with E-state index in [-0.39, 0.29) is 5.69 Å². The fraction of sp³-hybridized carbons (Fsp3) is 0.0909. The Kier molecular flexibility index (Phi) is 3.31. The molecule has 1 heterocycles.